The monoisotopic (exact) mass is 701 g/mol. The predicted molar refractivity (Wildman–Crippen MR) is 222 cm³/mol. The van der Waals surface area contributed by atoms with Crippen LogP contribution in [0.1, 0.15) is 22.3 Å². The summed E-state index contributed by atoms with van der Waals surface area (Å²) < 4.78 is 9.27. The third-order valence-corrected chi connectivity index (χ3v) is 11.7. The highest BCUT2D eigenvalue weighted by atomic mass is 16.5. The van der Waals surface area contributed by atoms with Gasteiger partial charge in [0.1, 0.15) is 11.5 Å². The SMILES string of the molecule is c1ccc(-c2cc(-c3ccccc3)nc(-n3c4cc5c(cc4c4ccc6ccccc6c43)C3(c4ccccc4O5)c4ccccc4-c4ccccc43)n2)cc1. The Morgan fingerprint density at radius 2 is 1.00 bits per heavy atom. The van der Waals surface area contributed by atoms with Gasteiger partial charge >= 0.3 is 0 Å². The second kappa shape index (κ2) is 11.3. The smallest absolute Gasteiger partial charge is 0.235 e. The van der Waals surface area contributed by atoms with E-state index in [1.54, 1.807) is 0 Å². The molecule has 3 heterocycles. The number of nitrogens with zero attached hydrogens (tertiary/aromatic N) is 3. The van der Waals surface area contributed by atoms with Gasteiger partial charge in [-0.1, -0.05) is 164 Å². The lowest BCUT2D eigenvalue weighted by molar-refractivity contribution is 0.437. The standard InChI is InChI=1S/C51H31N3O/c1-3-16-33(17-4-1)44-30-45(34-18-5-2-6-19-34)53-50(52-44)54-46-31-48-43(29-39(46)38-28-27-32-15-7-8-20-35(32)49(38)54)51(42-25-13-14-26-47(42)55-48)40-23-11-9-21-36(40)37-22-10-12-24-41(37)51/h1-31H. The Morgan fingerprint density at radius 3 is 1.69 bits per heavy atom. The van der Waals surface area contributed by atoms with Gasteiger partial charge in [-0.3, -0.25) is 4.57 Å². The van der Waals surface area contributed by atoms with E-state index < -0.39 is 5.41 Å². The minimum absolute atomic E-state index is 0.568. The molecule has 8 aromatic carbocycles. The van der Waals surface area contributed by atoms with Crippen LogP contribution in [0.2, 0.25) is 0 Å². The number of rotatable bonds is 3. The Bertz CT molecular complexity index is 3080. The van der Waals surface area contributed by atoms with Gasteiger partial charge in [0.15, 0.2) is 0 Å². The lowest BCUT2D eigenvalue weighted by Gasteiger charge is -2.39. The molecule has 0 atom stereocenters. The number of hydrogen-bond acceptors (Lipinski definition) is 3. The van der Waals surface area contributed by atoms with E-state index in [2.05, 4.69) is 180 Å². The molecule has 0 saturated heterocycles. The van der Waals surface area contributed by atoms with Gasteiger partial charge < -0.3 is 4.74 Å². The van der Waals surface area contributed by atoms with Gasteiger partial charge in [-0.25, -0.2) is 9.97 Å². The van der Waals surface area contributed by atoms with Crippen molar-refractivity contribution in [2.75, 3.05) is 0 Å². The van der Waals surface area contributed by atoms with E-state index in [1.807, 2.05) is 12.1 Å². The molecule has 256 valence electrons. The second-order valence-corrected chi connectivity index (χ2v) is 14.5. The summed E-state index contributed by atoms with van der Waals surface area (Å²) in [6.45, 7) is 0. The van der Waals surface area contributed by atoms with E-state index in [0.717, 1.165) is 77.7 Å². The Morgan fingerprint density at radius 1 is 0.418 bits per heavy atom. The fraction of sp³-hybridized carbons (Fsp3) is 0.0196. The predicted octanol–water partition coefficient (Wildman–Crippen LogP) is 12.5. The van der Waals surface area contributed by atoms with Gasteiger partial charge in [-0.15, -0.1) is 0 Å². The van der Waals surface area contributed by atoms with Gasteiger partial charge in [0.2, 0.25) is 5.95 Å². The maximum atomic E-state index is 7.01. The zero-order chi connectivity index (χ0) is 36.1. The molecule has 2 aromatic heterocycles. The molecule has 0 N–H and O–H groups in total. The molecule has 0 unspecified atom stereocenters. The molecule has 0 bridgehead atoms. The highest BCUT2D eigenvalue weighted by molar-refractivity contribution is 6.19. The average Bonchev–Trinajstić information content (AvgIpc) is 3.74. The molecule has 0 fully saturated rings. The summed E-state index contributed by atoms with van der Waals surface area (Å²) in [5.74, 6) is 2.30. The van der Waals surface area contributed by atoms with E-state index >= 15 is 0 Å². The van der Waals surface area contributed by atoms with E-state index in [-0.39, 0.29) is 0 Å². The van der Waals surface area contributed by atoms with E-state index in [4.69, 9.17) is 14.7 Å². The maximum Gasteiger partial charge on any atom is 0.235 e. The van der Waals surface area contributed by atoms with Crippen LogP contribution < -0.4 is 4.74 Å². The fourth-order valence-electron chi connectivity index (χ4n) is 9.38. The molecule has 1 aliphatic carbocycles. The van der Waals surface area contributed by atoms with Gasteiger partial charge in [0.05, 0.1) is 27.8 Å². The van der Waals surface area contributed by atoms with Crippen molar-refractivity contribution >= 4 is 32.6 Å². The number of para-hydroxylation sites is 1. The van der Waals surface area contributed by atoms with Crippen molar-refractivity contribution in [1.29, 1.82) is 0 Å². The first kappa shape index (κ1) is 30.2. The molecule has 12 rings (SSSR count). The Hall–Kier alpha value is -7.30. The summed E-state index contributed by atoms with van der Waals surface area (Å²) in [6, 6.07) is 66.9. The first-order valence-electron chi connectivity index (χ1n) is 18.7. The third kappa shape index (κ3) is 4.16. The number of aromatic nitrogens is 3. The molecular weight excluding hydrogens is 671 g/mol. The number of hydrogen-bond donors (Lipinski definition) is 0. The van der Waals surface area contributed by atoms with Crippen LogP contribution in [0, 0.1) is 0 Å². The first-order chi connectivity index (χ1) is 27.3. The van der Waals surface area contributed by atoms with Crippen molar-refractivity contribution < 1.29 is 4.74 Å². The summed E-state index contributed by atoms with van der Waals surface area (Å²) >= 11 is 0. The largest absolute Gasteiger partial charge is 0.457 e. The van der Waals surface area contributed by atoms with Gasteiger partial charge in [-0.2, -0.15) is 0 Å². The van der Waals surface area contributed by atoms with Gasteiger partial charge in [0.25, 0.3) is 0 Å². The molecule has 4 nitrogen and oxygen atoms in total. The first-order valence-corrected chi connectivity index (χ1v) is 18.7. The molecule has 0 saturated carbocycles. The van der Waals surface area contributed by atoms with Crippen LogP contribution in [-0.2, 0) is 5.41 Å². The number of fused-ring (bicyclic) bond motifs is 14. The van der Waals surface area contributed by atoms with Crippen LogP contribution in [0.15, 0.2) is 188 Å². The van der Waals surface area contributed by atoms with Crippen LogP contribution in [0.4, 0.5) is 0 Å². The van der Waals surface area contributed by atoms with Gasteiger partial charge in [-0.05, 0) is 45.8 Å². The second-order valence-electron chi connectivity index (χ2n) is 14.5. The van der Waals surface area contributed by atoms with Crippen LogP contribution in [0.25, 0.3) is 72.2 Å². The summed E-state index contributed by atoms with van der Waals surface area (Å²) in [5.41, 5.74) is 12.6. The van der Waals surface area contributed by atoms with E-state index in [1.165, 1.54) is 22.3 Å². The van der Waals surface area contributed by atoms with Crippen LogP contribution in [0.5, 0.6) is 11.5 Å². The Balaban J connectivity index is 1.23. The normalized spacial score (nSPS) is 13.4. The molecule has 2 aliphatic rings. The molecule has 0 amide bonds. The van der Waals surface area contributed by atoms with Crippen LogP contribution in [0.3, 0.4) is 0 Å². The summed E-state index contributed by atoms with van der Waals surface area (Å²) in [4.78, 5) is 10.7. The molecule has 0 radical (unpaired) electrons. The summed E-state index contributed by atoms with van der Waals surface area (Å²) in [5, 5.41) is 4.56. The van der Waals surface area contributed by atoms with Crippen molar-refractivity contribution in [3.63, 3.8) is 0 Å². The van der Waals surface area contributed by atoms with Crippen LogP contribution in [-0.4, -0.2) is 14.5 Å². The minimum atomic E-state index is -0.568. The highest BCUT2D eigenvalue weighted by Gasteiger charge is 2.51. The van der Waals surface area contributed by atoms with Gasteiger partial charge in [0, 0.05) is 44.5 Å². The molecule has 1 aliphatic heterocycles. The molecule has 1 spiro atoms. The minimum Gasteiger partial charge on any atom is -0.457 e. The number of ether oxygens (including phenoxy) is 1. The zero-order valence-electron chi connectivity index (χ0n) is 29.6. The van der Waals surface area contributed by atoms with Crippen molar-refractivity contribution in [1.82, 2.24) is 14.5 Å². The number of benzene rings is 8. The quantitative estimate of drug-likeness (QED) is 0.184. The van der Waals surface area contributed by atoms with Crippen molar-refractivity contribution in [2.24, 2.45) is 0 Å². The Labute approximate surface area is 317 Å². The lowest BCUT2D eigenvalue weighted by Crippen LogP contribution is -2.32. The van der Waals surface area contributed by atoms with E-state index in [9.17, 15) is 0 Å². The zero-order valence-corrected chi connectivity index (χ0v) is 29.6. The third-order valence-electron chi connectivity index (χ3n) is 11.7. The Kier molecular flexibility index (Phi) is 6.23. The van der Waals surface area contributed by atoms with Crippen molar-refractivity contribution in [3.05, 3.63) is 210 Å². The molecular formula is C51H31N3O. The van der Waals surface area contributed by atoms with Crippen LogP contribution >= 0.6 is 0 Å². The topological polar surface area (TPSA) is 39.9 Å². The summed E-state index contributed by atoms with van der Waals surface area (Å²) in [6.07, 6.45) is 0. The van der Waals surface area contributed by atoms with E-state index in [0.29, 0.717) is 5.95 Å². The van der Waals surface area contributed by atoms with Crippen molar-refractivity contribution in [2.45, 2.75) is 5.41 Å². The molecule has 55 heavy (non-hydrogen) atoms. The maximum absolute atomic E-state index is 7.01. The highest BCUT2D eigenvalue weighted by Crippen LogP contribution is 2.62. The fourth-order valence-corrected chi connectivity index (χ4v) is 9.38. The van der Waals surface area contributed by atoms with Crippen molar-refractivity contribution in [3.8, 4) is 51.1 Å². The lowest BCUT2D eigenvalue weighted by atomic mass is 9.66. The molecule has 10 aromatic rings. The average molecular weight is 702 g/mol. The summed E-state index contributed by atoms with van der Waals surface area (Å²) in [7, 11) is 0. The molecule has 4 heteroatoms.